The van der Waals surface area contributed by atoms with E-state index in [0.29, 0.717) is 19.4 Å². The van der Waals surface area contributed by atoms with Gasteiger partial charge in [0.2, 0.25) is 0 Å². The molecule has 1 saturated carbocycles. The molecule has 6 nitrogen and oxygen atoms in total. The van der Waals surface area contributed by atoms with E-state index >= 15 is 0 Å². The molecule has 0 unspecified atom stereocenters. The number of benzene rings is 1. The minimum Gasteiger partial charge on any atom is -0.504 e. The van der Waals surface area contributed by atoms with Crippen LogP contribution in [0.15, 0.2) is 18.2 Å². The molecule has 0 bridgehead atoms. The van der Waals surface area contributed by atoms with Crippen molar-refractivity contribution in [2.75, 3.05) is 6.54 Å². The van der Waals surface area contributed by atoms with Crippen molar-refractivity contribution in [2.45, 2.75) is 25.7 Å². The van der Waals surface area contributed by atoms with E-state index in [0.717, 1.165) is 12.8 Å². The van der Waals surface area contributed by atoms with Crippen LogP contribution in [0.1, 0.15) is 36.0 Å². The lowest BCUT2D eigenvalue weighted by atomic mass is 9.82. The number of phenols is 2. The smallest absolute Gasteiger partial charge is 0.306 e. The lowest BCUT2D eigenvalue weighted by Crippen LogP contribution is -2.32. The molecule has 1 amide bonds. The van der Waals surface area contributed by atoms with Gasteiger partial charge in [-0.05, 0) is 49.8 Å². The van der Waals surface area contributed by atoms with E-state index in [-0.39, 0.29) is 34.8 Å². The second-order valence-electron chi connectivity index (χ2n) is 5.47. The van der Waals surface area contributed by atoms with E-state index in [2.05, 4.69) is 5.32 Å². The highest BCUT2D eigenvalue weighted by Crippen LogP contribution is 2.29. The van der Waals surface area contributed by atoms with Crippen molar-refractivity contribution in [3.05, 3.63) is 23.8 Å². The van der Waals surface area contributed by atoms with Crippen LogP contribution in [0.4, 0.5) is 0 Å². The topological polar surface area (TPSA) is 107 Å². The minimum atomic E-state index is -0.739. The van der Waals surface area contributed by atoms with Crippen LogP contribution in [-0.4, -0.2) is 33.7 Å². The normalized spacial score (nSPS) is 21.7. The van der Waals surface area contributed by atoms with Crippen LogP contribution in [-0.2, 0) is 4.79 Å². The quantitative estimate of drug-likeness (QED) is 0.632. The fourth-order valence-corrected chi connectivity index (χ4v) is 2.62. The zero-order valence-corrected chi connectivity index (χ0v) is 11.6. The number of carboxylic acid groups (broad SMARTS) is 1. The number of carbonyl (C=O) groups excluding carboxylic acids is 1. The number of rotatable bonds is 4. The van der Waals surface area contributed by atoms with Gasteiger partial charge in [-0.3, -0.25) is 9.59 Å². The monoisotopic (exact) mass is 293 g/mol. The molecule has 0 atom stereocenters. The van der Waals surface area contributed by atoms with Gasteiger partial charge in [-0.25, -0.2) is 0 Å². The van der Waals surface area contributed by atoms with Gasteiger partial charge < -0.3 is 20.6 Å². The molecule has 0 spiro atoms. The third-order valence-corrected chi connectivity index (χ3v) is 3.98. The molecular weight excluding hydrogens is 274 g/mol. The summed E-state index contributed by atoms with van der Waals surface area (Å²) in [5, 5.41) is 30.3. The summed E-state index contributed by atoms with van der Waals surface area (Å²) >= 11 is 0. The van der Waals surface area contributed by atoms with Crippen molar-refractivity contribution in [1.82, 2.24) is 5.32 Å². The first-order valence-corrected chi connectivity index (χ1v) is 7.00. The molecule has 0 aliphatic heterocycles. The Kier molecular flexibility index (Phi) is 4.67. The molecule has 1 aliphatic carbocycles. The molecule has 21 heavy (non-hydrogen) atoms. The number of hydrogen-bond donors (Lipinski definition) is 4. The van der Waals surface area contributed by atoms with Crippen LogP contribution < -0.4 is 5.32 Å². The number of aliphatic carboxylic acids is 1. The highest BCUT2D eigenvalue weighted by molar-refractivity contribution is 5.94. The molecule has 1 fully saturated rings. The van der Waals surface area contributed by atoms with Crippen LogP contribution in [0.3, 0.4) is 0 Å². The minimum absolute atomic E-state index is 0.258. The molecule has 0 heterocycles. The lowest BCUT2D eigenvalue weighted by molar-refractivity contribution is -0.143. The van der Waals surface area contributed by atoms with E-state index in [9.17, 15) is 19.8 Å². The van der Waals surface area contributed by atoms with Crippen LogP contribution >= 0.6 is 0 Å². The molecule has 1 aromatic carbocycles. The highest BCUT2D eigenvalue weighted by atomic mass is 16.4. The van der Waals surface area contributed by atoms with Gasteiger partial charge in [-0.1, -0.05) is 0 Å². The van der Waals surface area contributed by atoms with Crippen LogP contribution in [0.2, 0.25) is 0 Å². The molecule has 1 aromatic rings. The zero-order chi connectivity index (χ0) is 15.4. The van der Waals surface area contributed by atoms with Crippen molar-refractivity contribution in [3.8, 4) is 11.5 Å². The predicted molar refractivity (Wildman–Crippen MR) is 75.2 cm³/mol. The van der Waals surface area contributed by atoms with Gasteiger partial charge in [0.1, 0.15) is 0 Å². The largest absolute Gasteiger partial charge is 0.504 e. The first kappa shape index (κ1) is 15.2. The summed E-state index contributed by atoms with van der Waals surface area (Å²) in [4.78, 5) is 22.8. The molecule has 6 heteroatoms. The van der Waals surface area contributed by atoms with Crippen molar-refractivity contribution in [1.29, 1.82) is 0 Å². The van der Waals surface area contributed by atoms with E-state index in [4.69, 9.17) is 5.11 Å². The van der Waals surface area contributed by atoms with Gasteiger partial charge in [-0.2, -0.15) is 0 Å². The maximum Gasteiger partial charge on any atom is 0.306 e. The van der Waals surface area contributed by atoms with Gasteiger partial charge in [-0.15, -0.1) is 0 Å². The molecule has 0 aromatic heterocycles. The van der Waals surface area contributed by atoms with Gasteiger partial charge in [0, 0.05) is 12.1 Å². The summed E-state index contributed by atoms with van der Waals surface area (Å²) in [5.74, 6) is -1.62. The number of carboxylic acids is 1. The Balaban J connectivity index is 1.82. The van der Waals surface area contributed by atoms with Gasteiger partial charge in [0.05, 0.1) is 5.92 Å². The Morgan fingerprint density at radius 2 is 1.76 bits per heavy atom. The average Bonchev–Trinajstić information content (AvgIpc) is 2.48. The molecule has 0 saturated heterocycles. The Morgan fingerprint density at radius 1 is 1.10 bits per heavy atom. The second-order valence-corrected chi connectivity index (χ2v) is 5.47. The Bertz CT molecular complexity index is 535. The molecule has 1 aliphatic rings. The molecular formula is C15H19NO5. The average molecular weight is 293 g/mol. The van der Waals surface area contributed by atoms with E-state index in [1.54, 1.807) is 0 Å². The summed E-state index contributed by atoms with van der Waals surface area (Å²) in [5.41, 5.74) is 0.282. The van der Waals surface area contributed by atoms with Crippen molar-refractivity contribution < 1.29 is 24.9 Å². The SMILES string of the molecule is O=C(NCC1CCC(C(=O)O)CC1)c1ccc(O)c(O)c1. The Morgan fingerprint density at radius 3 is 2.33 bits per heavy atom. The van der Waals surface area contributed by atoms with Crippen LogP contribution in [0.5, 0.6) is 11.5 Å². The maximum absolute atomic E-state index is 11.9. The summed E-state index contributed by atoms with van der Waals surface area (Å²) in [6, 6.07) is 3.92. The first-order valence-electron chi connectivity index (χ1n) is 7.00. The molecule has 114 valence electrons. The standard InChI is InChI=1S/C15H19NO5/c17-12-6-5-11(7-13(12)18)14(19)16-8-9-1-3-10(4-2-9)15(20)21/h5-7,9-10,17-18H,1-4,8H2,(H,16,19)(H,20,21). The number of phenolic OH excluding ortho intramolecular Hbond substituents is 2. The second kappa shape index (κ2) is 6.47. The summed E-state index contributed by atoms with van der Waals surface area (Å²) < 4.78 is 0. The van der Waals surface area contributed by atoms with E-state index in [1.807, 2.05) is 0 Å². The molecule has 0 radical (unpaired) electrons. The first-order chi connectivity index (χ1) is 9.97. The molecule has 2 rings (SSSR count). The zero-order valence-electron chi connectivity index (χ0n) is 11.6. The number of nitrogens with one attached hydrogen (secondary N) is 1. The maximum atomic E-state index is 11.9. The van der Waals surface area contributed by atoms with Gasteiger partial charge in [0.25, 0.3) is 5.91 Å². The third-order valence-electron chi connectivity index (χ3n) is 3.98. The van der Waals surface area contributed by atoms with Crippen molar-refractivity contribution in [3.63, 3.8) is 0 Å². The number of hydrogen-bond acceptors (Lipinski definition) is 4. The predicted octanol–water partition coefficient (Wildman–Crippen LogP) is 1.72. The Hall–Kier alpha value is -2.24. The van der Waals surface area contributed by atoms with Crippen molar-refractivity contribution in [2.24, 2.45) is 11.8 Å². The van der Waals surface area contributed by atoms with Gasteiger partial charge >= 0.3 is 5.97 Å². The summed E-state index contributed by atoms with van der Waals surface area (Å²) in [6.45, 7) is 0.493. The summed E-state index contributed by atoms with van der Waals surface area (Å²) in [6.07, 6.45) is 2.88. The van der Waals surface area contributed by atoms with Crippen LogP contribution in [0.25, 0.3) is 0 Å². The van der Waals surface area contributed by atoms with Crippen LogP contribution in [0, 0.1) is 11.8 Å². The fourth-order valence-electron chi connectivity index (χ4n) is 2.62. The summed E-state index contributed by atoms with van der Waals surface area (Å²) in [7, 11) is 0. The number of amides is 1. The molecule has 4 N–H and O–H groups in total. The van der Waals surface area contributed by atoms with Crippen molar-refractivity contribution >= 4 is 11.9 Å². The number of carbonyl (C=O) groups is 2. The number of aromatic hydroxyl groups is 2. The fraction of sp³-hybridized carbons (Fsp3) is 0.467. The van der Waals surface area contributed by atoms with Gasteiger partial charge in [0.15, 0.2) is 11.5 Å². The Labute approximate surface area is 122 Å². The third kappa shape index (κ3) is 3.87. The lowest BCUT2D eigenvalue weighted by Gasteiger charge is -2.26. The highest BCUT2D eigenvalue weighted by Gasteiger charge is 2.26. The van der Waals surface area contributed by atoms with E-state index in [1.165, 1.54) is 18.2 Å². The van der Waals surface area contributed by atoms with E-state index < -0.39 is 5.97 Å².